The number of hydrogen-bond donors (Lipinski definition) is 0. The molecule has 0 N–H and O–H groups in total. The van der Waals surface area contributed by atoms with Crippen LogP contribution in [0.3, 0.4) is 0 Å². The summed E-state index contributed by atoms with van der Waals surface area (Å²) in [5.74, 6) is 0.0586. The van der Waals surface area contributed by atoms with Gasteiger partial charge in [0.2, 0.25) is 5.88 Å². The molecule has 1 aromatic carbocycles. The lowest BCUT2D eigenvalue weighted by Crippen LogP contribution is -2.21. The van der Waals surface area contributed by atoms with Gasteiger partial charge in [0.15, 0.2) is 0 Å². The minimum atomic E-state index is -0.399. The maximum absolute atomic E-state index is 14.7. The Labute approximate surface area is 153 Å². The first kappa shape index (κ1) is 16.8. The molecule has 0 fully saturated rings. The number of fused-ring (bicyclic) bond motifs is 1. The number of halogens is 1. The van der Waals surface area contributed by atoms with Gasteiger partial charge in [-0.15, -0.1) is 0 Å². The summed E-state index contributed by atoms with van der Waals surface area (Å²) in [5.41, 5.74) is 2.78. The highest BCUT2D eigenvalue weighted by molar-refractivity contribution is 5.73. The van der Waals surface area contributed by atoms with Crippen molar-refractivity contribution in [1.29, 1.82) is 0 Å². The van der Waals surface area contributed by atoms with E-state index in [0.717, 1.165) is 5.56 Å². The van der Waals surface area contributed by atoms with Gasteiger partial charge in [-0.05, 0) is 29.3 Å². The third kappa shape index (κ3) is 3.27. The Bertz CT molecular complexity index is 1190. The van der Waals surface area contributed by atoms with E-state index in [2.05, 4.69) is 15.0 Å². The lowest BCUT2D eigenvalue weighted by Gasteiger charge is -2.11. The molecule has 3 heterocycles. The Balaban J connectivity index is 1.72. The van der Waals surface area contributed by atoms with Crippen LogP contribution >= 0.6 is 0 Å². The summed E-state index contributed by atoms with van der Waals surface area (Å²) < 4.78 is 21.3. The molecule has 0 aliphatic heterocycles. The van der Waals surface area contributed by atoms with E-state index in [4.69, 9.17) is 4.74 Å². The third-order valence-electron chi connectivity index (χ3n) is 4.31. The molecule has 3 aromatic heterocycles. The van der Waals surface area contributed by atoms with Gasteiger partial charge in [-0.3, -0.25) is 14.3 Å². The molecule has 0 radical (unpaired) electrons. The van der Waals surface area contributed by atoms with Crippen LogP contribution in [-0.2, 0) is 6.54 Å². The van der Waals surface area contributed by atoms with E-state index in [0.29, 0.717) is 28.0 Å². The quantitative estimate of drug-likeness (QED) is 0.558. The van der Waals surface area contributed by atoms with Gasteiger partial charge in [0.1, 0.15) is 5.82 Å². The molecule has 0 aliphatic carbocycles. The summed E-state index contributed by atoms with van der Waals surface area (Å²) >= 11 is 0. The van der Waals surface area contributed by atoms with E-state index in [1.54, 1.807) is 48.9 Å². The van der Waals surface area contributed by atoms with Crippen molar-refractivity contribution in [2.75, 3.05) is 7.11 Å². The average molecular weight is 362 g/mol. The summed E-state index contributed by atoms with van der Waals surface area (Å²) in [7, 11) is 1.53. The van der Waals surface area contributed by atoms with Crippen LogP contribution in [0.15, 0.2) is 66.0 Å². The minimum absolute atomic E-state index is 0.0926. The van der Waals surface area contributed by atoms with E-state index in [-0.39, 0.29) is 12.1 Å². The molecule has 27 heavy (non-hydrogen) atoms. The van der Waals surface area contributed by atoms with Crippen molar-refractivity contribution in [3.8, 4) is 17.0 Å². The zero-order valence-corrected chi connectivity index (χ0v) is 14.5. The van der Waals surface area contributed by atoms with Gasteiger partial charge in [-0.25, -0.2) is 14.4 Å². The summed E-state index contributed by atoms with van der Waals surface area (Å²) in [6.07, 6.45) is 6.00. The topological polar surface area (TPSA) is 69.9 Å². The van der Waals surface area contributed by atoms with Gasteiger partial charge in [-0.2, -0.15) is 0 Å². The highest BCUT2D eigenvalue weighted by Gasteiger charge is 2.10. The summed E-state index contributed by atoms with van der Waals surface area (Å²) in [6.45, 7) is 0.0926. The normalized spacial score (nSPS) is 10.9. The number of rotatable bonds is 4. The van der Waals surface area contributed by atoms with E-state index >= 15 is 0 Å². The fourth-order valence-electron chi connectivity index (χ4n) is 2.90. The van der Waals surface area contributed by atoms with Crippen LogP contribution in [0.1, 0.15) is 5.56 Å². The van der Waals surface area contributed by atoms with E-state index in [9.17, 15) is 9.18 Å². The monoisotopic (exact) mass is 362 g/mol. The van der Waals surface area contributed by atoms with Crippen LogP contribution in [0.4, 0.5) is 4.39 Å². The van der Waals surface area contributed by atoms with Gasteiger partial charge in [-0.1, -0.05) is 12.1 Å². The molecule has 0 saturated heterocycles. The SMILES string of the molecule is COc1cc(-c2ccc(Cn3c(=O)cnc4ccncc43)c(F)c2)ccn1. The molecule has 0 bridgehead atoms. The number of hydrogen-bond acceptors (Lipinski definition) is 5. The van der Waals surface area contributed by atoms with Crippen molar-refractivity contribution >= 4 is 11.0 Å². The first-order valence-corrected chi connectivity index (χ1v) is 8.24. The third-order valence-corrected chi connectivity index (χ3v) is 4.31. The predicted molar refractivity (Wildman–Crippen MR) is 99.1 cm³/mol. The molecular weight excluding hydrogens is 347 g/mol. The second-order valence-electron chi connectivity index (χ2n) is 5.94. The largest absolute Gasteiger partial charge is 0.481 e. The minimum Gasteiger partial charge on any atom is -0.481 e. The summed E-state index contributed by atoms with van der Waals surface area (Å²) in [4.78, 5) is 24.4. The molecular formula is C20H15FN4O2. The van der Waals surface area contributed by atoms with Crippen LogP contribution in [0, 0.1) is 5.82 Å². The number of nitrogens with zero attached hydrogens (tertiary/aromatic N) is 4. The number of benzene rings is 1. The van der Waals surface area contributed by atoms with Crippen molar-refractivity contribution in [3.05, 3.63) is 82.9 Å². The first-order valence-electron chi connectivity index (χ1n) is 8.24. The highest BCUT2D eigenvalue weighted by Crippen LogP contribution is 2.24. The summed E-state index contributed by atoms with van der Waals surface area (Å²) in [6, 6.07) is 10.1. The molecule has 134 valence electrons. The Morgan fingerprint density at radius 3 is 2.70 bits per heavy atom. The Kier molecular flexibility index (Phi) is 4.33. The van der Waals surface area contributed by atoms with Crippen LogP contribution in [-0.4, -0.2) is 26.6 Å². The number of aromatic nitrogens is 4. The van der Waals surface area contributed by atoms with Gasteiger partial charge in [0.05, 0.1) is 37.1 Å². The Hall–Kier alpha value is -3.61. The van der Waals surface area contributed by atoms with Crippen molar-refractivity contribution in [2.45, 2.75) is 6.54 Å². The smallest absolute Gasteiger partial charge is 0.269 e. The van der Waals surface area contributed by atoms with E-state index < -0.39 is 5.82 Å². The average Bonchev–Trinajstić information content (AvgIpc) is 2.71. The van der Waals surface area contributed by atoms with Crippen LogP contribution in [0.2, 0.25) is 0 Å². The predicted octanol–water partition coefficient (Wildman–Crippen LogP) is 3.05. The second-order valence-corrected chi connectivity index (χ2v) is 5.94. The zero-order valence-electron chi connectivity index (χ0n) is 14.5. The number of pyridine rings is 2. The molecule has 4 rings (SSSR count). The lowest BCUT2D eigenvalue weighted by atomic mass is 10.0. The van der Waals surface area contributed by atoms with Crippen LogP contribution in [0.5, 0.6) is 5.88 Å². The van der Waals surface area contributed by atoms with Crippen LogP contribution < -0.4 is 10.3 Å². The molecule has 0 aliphatic rings. The molecule has 4 aromatic rings. The number of ether oxygens (including phenoxy) is 1. The zero-order chi connectivity index (χ0) is 18.8. The number of methoxy groups -OCH3 is 1. The fourth-order valence-corrected chi connectivity index (χ4v) is 2.90. The van der Waals surface area contributed by atoms with Crippen molar-refractivity contribution in [1.82, 2.24) is 19.5 Å². The van der Waals surface area contributed by atoms with Crippen molar-refractivity contribution in [2.24, 2.45) is 0 Å². The first-order chi connectivity index (χ1) is 13.2. The molecule has 0 atom stereocenters. The highest BCUT2D eigenvalue weighted by atomic mass is 19.1. The maximum atomic E-state index is 14.7. The summed E-state index contributed by atoms with van der Waals surface area (Å²) in [5, 5.41) is 0. The van der Waals surface area contributed by atoms with Crippen molar-refractivity contribution < 1.29 is 9.13 Å². The maximum Gasteiger partial charge on any atom is 0.269 e. The van der Waals surface area contributed by atoms with E-state index in [1.807, 2.05) is 0 Å². The Morgan fingerprint density at radius 2 is 1.89 bits per heavy atom. The molecule has 0 saturated carbocycles. The van der Waals surface area contributed by atoms with Crippen LogP contribution in [0.25, 0.3) is 22.2 Å². The molecule has 0 unspecified atom stereocenters. The Morgan fingerprint density at radius 1 is 1.04 bits per heavy atom. The molecule has 6 nitrogen and oxygen atoms in total. The molecule has 7 heteroatoms. The fraction of sp³-hybridized carbons (Fsp3) is 0.100. The van der Waals surface area contributed by atoms with Gasteiger partial charge >= 0.3 is 0 Å². The van der Waals surface area contributed by atoms with Gasteiger partial charge < -0.3 is 4.74 Å². The van der Waals surface area contributed by atoms with E-state index in [1.165, 1.54) is 23.9 Å². The lowest BCUT2D eigenvalue weighted by molar-refractivity contribution is 0.398. The second kappa shape index (κ2) is 6.95. The standard InChI is InChI=1S/C20H15FN4O2/c1-27-19-9-14(4-7-23-19)13-2-3-15(16(21)8-13)12-25-18-10-22-6-5-17(18)24-11-20(25)26/h2-11H,12H2,1H3. The van der Waals surface area contributed by atoms with Gasteiger partial charge in [0.25, 0.3) is 5.56 Å². The molecule has 0 spiro atoms. The molecule has 0 amide bonds. The van der Waals surface area contributed by atoms with Gasteiger partial charge in [0, 0.05) is 24.0 Å². The van der Waals surface area contributed by atoms with Crippen molar-refractivity contribution in [3.63, 3.8) is 0 Å².